The van der Waals surface area contributed by atoms with E-state index < -0.39 is 0 Å². The number of nitrogens with zero attached hydrogens (tertiary/aromatic N) is 6. The highest BCUT2D eigenvalue weighted by Gasteiger charge is 2.52. The molecule has 15 rings (SSSR count). The van der Waals surface area contributed by atoms with Crippen LogP contribution in [0.3, 0.4) is 0 Å². The zero-order valence-electron chi connectivity index (χ0n) is 76.1. The standard InChI is InChI=1S/C108H126N8O4S6/c1-13-25-33-69(19-7)63-77-45-57-89(125-77)95-85-53-49-81(109-85)79(47-41-75-43-59-93(123-75)103-99-97(105(117)115(103)67-73(23-11)37-29-17-5)101(91-39-31-61-121-91)113(107(99)119)65-71(21-9)35-27-15-3)83-51-55-87(111-83)96(90-58-46-78(126-90)64-70(20-8)34-26-14-2)88-56-52-84(112-88)80(82-50-54-86(95)110-82)48-42-76-44-60-94(124-76)104-100-98(106(118)116(104)68-74(24-12)38-30-18-6)102(92-40-32-62-122-92)114(108(100)120)66-72(22-10)36-28-16-4/h31-32,39-40,43-46,49-62,69-74,109,112H,13-30,33-38,63-68H2,1-12H3. The van der Waals surface area contributed by atoms with Crippen LogP contribution in [0.5, 0.6) is 0 Å². The molecule has 8 bridgehead atoms. The first-order valence-electron chi connectivity index (χ1n) is 47.5. The Balaban J connectivity index is 0.912. The molecule has 6 aliphatic rings. The van der Waals surface area contributed by atoms with Crippen molar-refractivity contribution in [2.45, 2.75) is 250 Å². The molecule has 15 heterocycles. The van der Waals surface area contributed by atoms with E-state index in [1.807, 2.05) is 54.4 Å². The van der Waals surface area contributed by atoms with Gasteiger partial charge >= 0.3 is 0 Å². The van der Waals surface area contributed by atoms with Crippen molar-refractivity contribution in [1.82, 2.24) is 39.5 Å². The Hall–Kier alpha value is -9.24. The van der Waals surface area contributed by atoms with E-state index in [-0.39, 0.29) is 35.5 Å². The summed E-state index contributed by atoms with van der Waals surface area (Å²) in [6.07, 6.45) is 36.3. The lowest BCUT2D eigenvalue weighted by Crippen LogP contribution is -2.34. The van der Waals surface area contributed by atoms with Gasteiger partial charge in [0.2, 0.25) is 0 Å². The summed E-state index contributed by atoms with van der Waals surface area (Å²) in [5.41, 5.74) is 14.8. The van der Waals surface area contributed by atoms with Crippen molar-refractivity contribution in [3.05, 3.63) is 203 Å². The molecule has 4 amide bonds. The van der Waals surface area contributed by atoms with Gasteiger partial charge in [0.05, 0.1) is 119 Å². The molecule has 9 aromatic rings. The molecule has 0 fully saturated rings. The molecule has 658 valence electrons. The first kappa shape index (κ1) is 91.5. The van der Waals surface area contributed by atoms with E-state index in [2.05, 4.69) is 237 Å². The van der Waals surface area contributed by atoms with Crippen LogP contribution in [0, 0.1) is 59.2 Å². The largest absolute Gasteiger partial charge is 0.354 e. The maximum absolute atomic E-state index is 15.7. The van der Waals surface area contributed by atoms with Crippen LogP contribution in [0.2, 0.25) is 0 Å². The lowest BCUT2D eigenvalue weighted by Gasteiger charge is -2.29. The fraction of sp³-hybridized carbons (Fsp3) is 0.444. The Morgan fingerprint density at radius 1 is 0.317 bits per heavy atom. The summed E-state index contributed by atoms with van der Waals surface area (Å²) in [5, 5.41) is 4.10. The van der Waals surface area contributed by atoms with Crippen molar-refractivity contribution < 1.29 is 19.2 Å². The van der Waals surface area contributed by atoms with Crippen LogP contribution in [0.25, 0.3) is 90.0 Å². The molecular weight excluding hydrogens is 1670 g/mol. The Labute approximate surface area is 772 Å². The molecule has 0 saturated heterocycles. The molecule has 9 aromatic heterocycles. The summed E-state index contributed by atoms with van der Waals surface area (Å²) < 4.78 is 0. The predicted molar refractivity (Wildman–Crippen MR) is 536 cm³/mol. The second-order valence-electron chi connectivity index (χ2n) is 35.3. The molecule has 18 heteroatoms. The van der Waals surface area contributed by atoms with Gasteiger partial charge in [0.15, 0.2) is 0 Å². The summed E-state index contributed by atoms with van der Waals surface area (Å²) in [6.45, 7) is 29.2. The Bertz CT molecular complexity index is 5590. The number of rotatable bonds is 42. The third kappa shape index (κ3) is 19.7. The monoisotopic (exact) mass is 1790 g/mol. The molecule has 12 nitrogen and oxygen atoms in total. The second-order valence-corrected chi connectivity index (χ2v) is 41.7. The maximum atomic E-state index is 15.7. The Kier molecular flexibility index (Phi) is 31.1. The van der Waals surface area contributed by atoms with E-state index in [1.165, 1.54) is 48.3 Å². The maximum Gasteiger partial charge on any atom is 0.261 e. The number of thiophene rings is 6. The van der Waals surface area contributed by atoms with Crippen molar-refractivity contribution in [3.8, 4) is 44.6 Å². The molecule has 126 heavy (non-hydrogen) atoms. The number of aromatic nitrogens is 4. The number of H-pyrrole nitrogens is 2. The first-order chi connectivity index (χ1) is 61.6. The number of carbonyl (C=O) groups is 4. The quantitative estimate of drug-likeness (QED) is 0.0365. The SMILES string of the molecule is CCCCC(CC)Cc1ccc(-c2c3nc(c(C#Cc4ccc(C5=C6C(=O)N(CC(CC)CCCC)C(c7cccs7)=C6C(=O)N5CC(CC)CCCC)s4)c4ccc([nH]4)c(-c4ccc(CC(CC)CCCC)s4)c4nc(c(C#Cc5ccc(C6=C7C(=O)N(CC(CC)CCCC)C(c8cccs8)=C7C(=O)N6CC(CC)CCCC)s5)c5ccc2[nH]5)C=C4)C=C3)s1. The molecule has 0 spiro atoms. The normalized spacial score (nSPS) is 15.9. The average Bonchev–Trinajstić information content (AvgIpc) is 1.56. The molecule has 6 aliphatic heterocycles. The van der Waals surface area contributed by atoms with Gasteiger partial charge in [-0.3, -0.25) is 19.2 Å². The van der Waals surface area contributed by atoms with Gasteiger partial charge in [-0.15, -0.1) is 68.0 Å². The van der Waals surface area contributed by atoms with Crippen LogP contribution in [0.4, 0.5) is 0 Å². The van der Waals surface area contributed by atoms with Crippen molar-refractivity contribution in [1.29, 1.82) is 0 Å². The number of amides is 4. The minimum atomic E-state index is -0.0870. The van der Waals surface area contributed by atoms with Gasteiger partial charge in [0, 0.05) is 67.8 Å². The van der Waals surface area contributed by atoms with Crippen molar-refractivity contribution in [2.24, 2.45) is 35.5 Å². The number of hydrogen-bond donors (Lipinski definition) is 2. The van der Waals surface area contributed by atoms with Gasteiger partial charge in [-0.2, -0.15) is 0 Å². The van der Waals surface area contributed by atoms with E-state index in [0.717, 1.165) is 235 Å². The molecule has 2 N–H and O–H groups in total. The molecule has 6 unspecified atom stereocenters. The fourth-order valence-electron chi connectivity index (χ4n) is 19.0. The number of hydrogen-bond acceptors (Lipinski definition) is 12. The lowest BCUT2D eigenvalue weighted by molar-refractivity contribution is -0.124. The zero-order chi connectivity index (χ0) is 88.1. The molecule has 0 aliphatic carbocycles. The molecule has 0 saturated carbocycles. The number of fused-ring (bicyclic) bond motifs is 10. The summed E-state index contributed by atoms with van der Waals surface area (Å²) in [5.74, 6) is 16.9. The summed E-state index contributed by atoms with van der Waals surface area (Å²) in [7, 11) is 0. The fourth-order valence-corrected chi connectivity index (χ4v) is 24.8. The number of nitrogens with one attached hydrogen (secondary N) is 2. The van der Waals surface area contributed by atoms with E-state index in [1.54, 1.807) is 45.3 Å². The van der Waals surface area contributed by atoms with Crippen molar-refractivity contribution in [2.75, 3.05) is 26.2 Å². The highest BCUT2D eigenvalue weighted by molar-refractivity contribution is 7.16. The van der Waals surface area contributed by atoms with E-state index in [4.69, 9.17) is 9.97 Å². The van der Waals surface area contributed by atoms with Crippen LogP contribution < -0.4 is 0 Å². The van der Waals surface area contributed by atoms with E-state index in [0.29, 0.717) is 94.9 Å². The van der Waals surface area contributed by atoms with E-state index >= 15 is 19.2 Å². The van der Waals surface area contributed by atoms with Gasteiger partial charge in [-0.1, -0.05) is 247 Å². The number of carbonyl (C=O) groups excluding carboxylic acids is 4. The van der Waals surface area contributed by atoms with Gasteiger partial charge in [0.25, 0.3) is 23.6 Å². The smallest absolute Gasteiger partial charge is 0.261 e. The van der Waals surface area contributed by atoms with Crippen LogP contribution in [-0.2, 0) is 32.0 Å². The molecule has 0 radical (unpaired) electrons. The van der Waals surface area contributed by atoms with Crippen molar-refractivity contribution >= 4 is 161 Å². The second kappa shape index (κ2) is 42.8. The Morgan fingerprint density at radius 3 is 0.929 bits per heavy atom. The zero-order valence-corrected chi connectivity index (χ0v) is 81.0. The number of unbranched alkanes of at least 4 members (excludes halogenated alkanes) is 6. The number of aromatic amines is 2. The van der Waals surface area contributed by atoms with Gasteiger partial charge in [-0.25, -0.2) is 9.97 Å². The molecule has 6 atom stereocenters. The first-order valence-corrected chi connectivity index (χ1v) is 52.5. The molecule has 0 aromatic carbocycles. The van der Waals surface area contributed by atoms with E-state index in [9.17, 15) is 0 Å². The summed E-state index contributed by atoms with van der Waals surface area (Å²) >= 11 is 9.96. The van der Waals surface area contributed by atoms with Gasteiger partial charge in [0.1, 0.15) is 0 Å². The summed E-state index contributed by atoms with van der Waals surface area (Å²) in [4.78, 5) is 100. The van der Waals surface area contributed by atoms with Crippen LogP contribution in [0.15, 0.2) is 130 Å². The van der Waals surface area contributed by atoms with Crippen LogP contribution in [-0.4, -0.2) is 89.3 Å². The third-order valence-corrected chi connectivity index (χ3v) is 32.8. The lowest BCUT2D eigenvalue weighted by atomic mass is 9.95. The van der Waals surface area contributed by atoms with Crippen LogP contribution in [0.1, 0.15) is 310 Å². The van der Waals surface area contributed by atoms with Crippen molar-refractivity contribution in [3.63, 3.8) is 0 Å². The minimum absolute atomic E-state index is 0.0870. The predicted octanol–water partition coefficient (Wildman–Crippen LogP) is 29.2. The third-order valence-electron chi connectivity index (χ3n) is 26.7. The van der Waals surface area contributed by atoms with Gasteiger partial charge < -0.3 is 29.6 Å². The minimum Gasteiger partial charge on any atom is -0.354 e. The van der Waals surface area contributed by atoms with Gasteiger partial charge in [-0.05, 0) is 194 Å². The Morgan fingerprint density at radius 2 is 0.619 bits per heavy atom. The average molecular weight is 1790 g/mol. The summed E-state index contributed by atoms with van der Waals surface area (Å²) in [6, 6.07) is 34.4. The highest BCUT2D eigenvalue weighted by atomic mass is 32.1. The highest BCUT2D eigenvalue weighted by Crippen LogP contribution is 2.53. The topological polar surface area (TPSA) is 139 Å². The molecular formula is C108H126N8O4S6. The van der Waals surface area contributed by atoms with Crippen LogP contribution >= 0.6 is 68.0 Å².